The summed E-state index contributed by atoms with van der Waals surface area (Å²) in [5, 5.41) is 9.53. The first-order valence-corrected chi connectivity index (χ1v) is 9.17. The van der Waals surface area contributed by atoms with Crippen LogP contribution in [0.3, 0.4) is 0 Å². The van der Waals surface area contributed by atoms with Gasteiger partial charge < -0.3 is 15.5 Å². The van der Waals surface area contributed by atoms with Gasteiger partial charge in [0.25, 0.3) is 11.8 Å². The minimum atomic E-state index is -0.844. The number of halogens is 1. The zero-order valence-corrected chi connectivity index (χ0v) is 15.7. The number of amides is 2. The smallest absolute Gasteiger partial charge is 0.268 e. The number of nitrogens with one attached hydrogen (secondary N) is 2. The van der Waals surface area contributed by atoms with Crippen LogP contribution in [-0.4, -0.2) is 29.7 Å². The molecule has 0 saturated carbocycles. The molecule has 0 aliphatic carbocycles. The van der Waals surface area contributed by atoms with Gasteiger partial charge in [0, 0.05) is 18.0 Å². The average molecular weight is 383 g/mol. The van der Waals surface area contributed by atoms with E-state index in [2.05, 4.69) is 15.8 Å². The van der Waals surface area contributed by atoms with E-state index >= 15 is 0 Å². The molecule has 7 heteroatoms. The van der Waals surface area contributed by atoms with E-state index in [-0.39, 0.29) is 24.2 Å². The third-order valence-corrected chi connectivity index (χ3v) is 4.54. The number of oxime groups is 1. The molecule has 2 N–H and O–H groups in total. The van der Waals surface area contributed by atoms with Crippen LogP contribution in [0.15, 0.2) is 53.7 Å². The lowest BCUT2D eigenvalue weighted by atomic mass is 10.0. The quantitative estimate of drug-likeness (QED) is 0.801. The van der Waals surface area contributed by atoms with Gasteiger partial charge in [-0.05, 0) is 37.6 Å². The number of para-hydroxylation sites is 1. The van der Waals surface area contributed by atoms with Crippen molar-refractivity contribution in [1.29, 1.82) is 0 Å². The zero-order chi connectivity index (χ0) is 20.1. The van der Waals surface area contributed by atoms with Crippen LogP contribution >= 0.6 is 0 Å². The zero-order valence-electron chi connectivity index (χ0n) is 15.7. The fourth-order valence-electron chi connectivity index (χ4n) is 2.76. The first-order valence-electron chi connectivity index (χ1n) is 9.17. The van der Waals surface area contributed by atoms with Gasteiger partial charge in [0.1, 0.15) is 5.82 Å². The Bertz CT molecular complexity index is 913. The monoisotopic (exact) mass is 383 g/mol. The molecule has 3 rings (SSSR count). The largest absolute Gasteiger partial charge is 0.382 e. The van der Waals surface area contributed by atoms with Gasteiger partial charge in [0.05, 0.1) is 17.0 Å². The van der Waals surface area contributed by atoms with Gasteiger partial charge in [-0.2, -0.15) is 0 Å². The van der Waals surface area contributed by atoms with Gasteiger partial charge in [0.2, 0.25) is 6.10 Å². The highest BCUT2D eigenvalue weighted by Crippen LogP contribution is 2.21. The summed E-state index contributed by atoms with van der Waals surface area (Å²) in [4.78, 5) is 30.3. The van der Waals surface area contributed by atoms with Gasteiger partial charge in [-0.1, -0.05) is 36.3 Å². The molecule has 2 atom stereocenters. The van der Waals surface area contributed by atoms with E-state index < -0.39 is 12.0 Å². The van der Waals surface area contributed by atoms with Crippen molar-refractivity contribution in [2.24, 2.45) is 5.16 Å². The summed E-state index contributed by atoms with van der Waals surface area (Å²) in [5.41, 5.74) is 1.85. The predicted molar refractivity (Wildman–Crippen MR) is 105 cm³/mol. The molecule has 6 nitrogen and oxygen atoms in total. The molecule has 2 aromatic rings. The van der Waals surface area contributed by atoms with E-state index in [4.69, 9.17) is 4.84 Å². The van der Waals surface area contributed by atoms with Crippen LogP contribution in [0.4, 0.5) is 10.1 Å². The molecule has 2 aromatic carbocycles. The molecular weight excluding hydrogens is 361 g/mol. The Labute approximate surface area is 162 Å². The maximum absolute atomic E-state index is 13.4. The van der Waals surface area contributed by atoms with Crippen LogP contribution in [0.1, 0.15) is 42.6 Å². The van der Waals surface area contributed by atoms with E-state index in [1.165, 1.54) is 12.1 Å². The summed E-state index contributed by atoms with van der Waals surface area (Å²) in [5.74, 6) is -1.05. The second-order valence-electron chi connectivity index (χ2n) is 6.66. The fraction of sp³-hybridized carbons (Fsp3) is 0.286. The summed E-state index contributed by atoms with van der Waals surface area (Å²) in [7, 11) is 0. The first kappa shape index (κ1) is 19.5. The van der Waals surface area contributed by atoms with Gasteiger partial charge >= 0.3 is 0 Å². The SMILES string of the molecule is CC[C@H](C)NC(=O)c1ccccc1NC(=O)[C@H]1CC(c2cccc(F)c2)=NO1. The molecule has 2 amide bonds. The second-order valence-corrected chi connectivity index (χ2v) is 6.66. The Morgan fingerprint density at radius 2 is 2.04 bits per heavy atom. The average Bonchev–Trinajstić information content (AvgIpc) is 3.18. The highest BCUT2D eigenvalue weighted by Gasteiger charge is 2.29. The van der Waals surface area contributed by atoms with E-state index in [1.807, 2.05) is 13.8 Å². The number of carbonyl (C=O) groups is 2. The van der Waals surface area contributed by atoms with Crippen molar-refractivity contribution in [2.45, 2.75) is 38.8 Å². The van der Waals surface area contributed by atoms with E-state index in [1.54, 1.807) is 36.4 Å². The molecule has 0 unspecified atom stereocenters. The number of nitrogens with zero attached hydrogens (tertiary/aromatic N) is 1. The van der Waals surface area contributed by atoms with E-state index in [0.29, 0.717) is 22.5 Å². The molecule has 1 heterocycles. The van der Waals surface area contributed by atoms with Gasteiger partial charge in [-0.25, -0.2) is 4.39 Å². The lowest BCUT2D eigenvalue weighted by Gasteiger charge is -2.15. The number of rotatable bonds is 6. The molecule has 28 heavy (non-hydrogen) atoms. The van der Waals surface area contributed by atoms with Crippen LogP contribution < -0.4 is 10.6 Å². The number of benzene rings is 2. The van der Waals surface area contributed by atoms with Crippen LogP contribution in [-0.2, 0) is 9.63 Å². The second kappa shape index (κ2) is 8.65. The van der Waals surface area contributed by atoms with Crippen LogP contribution in [0.25, 0.3) is 0 Å². The van der Waals surface area contributed by atoms with Crippen molar-refractivity contribution >= 4 is 23.2 Å². The minimum absolute atomic E-state index is 0.0247. The number of hydrogen-bond donors (Lipinski definition) is 2. The van der Waals surface area contributed by atoms with Gasteiger partial charge in [0.15, 0.2) is 0 Å². The van der Waals surface area contributed by atoms with E-state index in [0.717, 1.165) is 6.42 Å². The maximum Gasteiger partial charge on any atom is 0.268 e. The van der Waals surface area contributed by atoms with Gasteiger partial charge in [-0.15, -0.1) is 0 Å². The highest BCUT2D eigenvalue weighted by molar-refractivity contribution is 6.08. The third kappa shape index (κ3) is 4.54. The Morgan fingerprint density at radius 3 is 2.79 bits per heavy atom. The standard InChI is InChI=1S/C21H22FN3O3/c1-3-13(2)23-20(26)16-9-4-5-10-17(16)24-21(27)19-12-18(25-28-19)14-7-6-8-15(22)11-14/h4-11,13,19H,3,12H2,1-2H3,(H,23,26)(H,24,27)/t13-,19+/m0/s1. The molecule has 146 valence electrons. The molecule has 0 spiro atoms. The van der Waals surface area contributed by atoms with E-state index in [9.17, 15) is 14.0 Å². The molecule has 0 bridgehead atoms. The third-order valence-electron chi connectivity index (χ3n) is 4.54. The Kier molecular flexibility index (Phi) is 6.03. The summed E-state index contributed by atoms with van der Waals surface area (Å²) in [6, 6.07) is 12.8. The Balaban J connectivity index is 1.67. The lowest BCUT2D eigenvalue weighted by Crippen LogP contribution is -2.33. The Morgan fingerprint density at radius 1 is 1.25 bits per heavy atom. The fourth-order valence-corrected chi connectivity index (χ4v) is 2.76. The summed E-state index contributed by atoms with van der Waals surface area (Å²) >= 11 is 0. The topological polar surface area (TPSA) is 79.8 Å². The molecule has 0 saturated heterocycles. The molecule has 0 aromatic heterocycles. The maximum atomic E-state index is 13.4. The number of carbonyl (C=O) groups excluding carboxylic acids is 2. The van der Waals surface area contributed by atoms with Crippen LogP contribution in [0.5, 0.6) is 0 Å². The summed E-state index contributed by atoms with van der Waals surface area (Å²) in [6.45, 7) is 3.89. The normalized spacial score (nSPS) is 16.7. The Hall–Kier alpha value is -3.22. The predicted octanol–water partition coefficient (Wildman–Crippen LogP) is 3.49. The number of anilines is 1. The van der Waals surface area contributed by atoms with Crippen molar-refractivity contribution in [2.75, 3.05) is 5.32 Å². The minimum Gasteiger partial charge on any atom is -0.382 e. The van der Waals surface area contributed by atoms with Crippen molar-refractivity contribution < 1.29 is 18.8 Å². The van der Waals surface area contributed by atoms with Crippen molar-refractivity contribution in [3.8, 4) is 0 Å². The molecular formula is C21H22FN3O3. The molecule has 1 aliphatic rings. The highest BCUT2D eigenvalue weighted by atomic mass is 19.1. The summed E-state index contributed by atoms with van der Waals surface area (Å²) in [6.07, 6.45) is 0.177. The molecule has 1 aliphatic heterocycles. The first-order chi connectivity index (χ1) is 13.5. The summed E-state index contributed by atoms with van der Waals surface area (Å²) < 4.78 is 13.4. The number of hydrogen-bond acceptors (Lipinski definition) is 4. The van der Waals surface area contributed by atoms with Crippen LogP contribution in [0.2, 0.25) is 0 Å². The van der Waals surface area contributed by atoms with Crippen molar-refractivity contribution in [1.82, 2.24) is 5.32 Å². The van der Waals surface area contributed by atoms with Crippen LogP contribution in [0, 0.1) is 5.82 Å². The van der Waals surface area contributed by atoms with Crippen molar-refractivity contribution in [3.63, 3.8) is 0 Å². The lowest BCUT2D eigenvalue weighted by molar-refractivity contribution is -0.125. The van der Waals surface area contributed by atoms with Crippen molar-refractivity contribution in [3.05, 3.63) is 65.5 Å². The molecule has 0 fully saturated rings. The molecule has 0 radical (unpaired) electrons. The van der Waals surface area contributed by atoms with Gasteiger partial charge in [-0.3, -0.25) is 9.59 Å².